The summed E-state index contributed by atoms with van der Waals surface area (Å²) in [5, 5.41) is 4.25. The van der Waals surface area contributed by atoms with Crippen LogP contribution in [0.4, 0.5) is 4.39 Å². The monoisotopic (exact) mass is 351 g/mol. The second kappa shape index (κ2) is 6.73. The molecule has 1 aromatic heterocycles. The van der Waals surface area contributed by atoms with Gasteiger partial charge < -0.3 is 15.2 Å². The molecule has 2 bridgehead atoms. The smallest absolute Gasteiger partial charge is 0.227 e. The van der Waals surface area contributed by atoms with Crippen LogP contribution in [0, 0.1) is 12.7 Å². The van der Waals surface area contributed by atoms with E-state index in [2.05, 4.69) is 15.2 Å². The van der Waals surface area contributed by atoms with Crippen LogP contribution in [0.2, 0.25) is 0 Å². The summed E-state index contributed by atoms with van der Waals surface area (Å²) in [6.07, 6.45) is 3.58. The number of benzene rings is 1. The van der Waals surface area contributed by atoms with Crippen LogP contribution in [0.15, 0.2) is 18.2 Å². The number of carbonyl (C=O) groups is 1. The molecule has 2 atom stereocenters. The maximum atomic E-state index is 13.9. The number of fused-ring (bicyclic) bond motifs is 3. The molecule has 3 heterocycles. The fourth-order valence-electron chi connectivity index (χ4n) is 4.23. The molecule has 4 nitrogen and oxygen atoms in total. The Morgan fingerprint density at radius 1 is 1.29 bits per heavy atom. The van der Waals surface area contributed by atoms with E-state index < -0.39 is 0 Å². The summed E-state index contributed by atoms with van der Waals surface area (Å²) in [5.74, 6) is -0.0854. The van der Waals surface area contributed by atoms with E-state index in [1.54, 1.807) is 6.07 Å². The molecule has 130 valence electrons. The van der Waals surface area contributed by atoms with Crippen molar-refractivity contribution >= 4 is 29.2 Å². The number of nitrogens with one attached hydrogen (secondary N) is 2. The van der Waals surface area contributed by atoms with E-state index in [9.17, 15) is 9.18 Å². The van der Waals surface area contributed by atoms with Crippen molar-refractivity contribution in [2.45, 2.75) is 44.7 Å². The van der Waals surface area contributed by atoms with Crippen molar-refractivity contribution in [3.8, 4) is 0 Å². The van der Waals surface area contributed by atoms with Crippen molar-refractivity contribution in [3.05, 3.63) is 35.3 Å². The number of nitrogens with zero attached hydrogens (tertiary/aromatic N) is 1. The summed E-state index contributed by atoms with van der Waals surface area (Å²) in [4.78, 5) is 18.1. The molecule has 2 saturated heterocycles. The third-order valence-electron chi connectivity index (χ3n) is 5.37. The summed E-state index contributed by atoms with van der Waals surface area (Å²) in [7, 11) is 0. The van der Waals surface area contributed by atoms with Crippen LogP contribution in [-0.2, 0) is 11.2 Å². The van der Waals surface area contributed by atoms with Gasteiger partial charge in [0.1, 0.15) is 5.82 Å². The summed E-state index contributed by atoms with van der Waals surface area (Å²) >= 11 is 0. The van der Waals surface area contributed by atoms with Gasteiger partial charge in [-0.1, -0.05) is 12.1 Å². The molecule has 6 heteroatoms. The van der Waals surface area contributed by atoms with Crippen LogP contribution in [-0.4, -0.2) is 41.0 Å². The van der Waals surface area contributed by atoms with Gasteiger partial charge in [-0.3, -0.25) is 4.79 Å². The number of hydrogen-bond acceptors (Lipinski definition) is 2. The van der Waals surface area contributed by atoms with Crippen molar-refractivity contribution in [3.63, 3.8) is 0 Å². The molecule has 4 rings (SSSR count). The lowest BCUT2D eigenvalue weighted by atomic mass is 10.1. The van der Waals surface area contributed by atoms with Crippen LogP contribution in [0.3, 0.4) is 0 Å². The number of carbonyl (C=O) groups excluding carboxylic acids is 1. The second-order valence-corrected chi connectivity index (χ2v) is 6.75. The molecule has 0 unspecified atom stereocenters. The minimum atomic E-state index is -0.261. The van der Waals surface area contributed by atoms with Crippen LogP contribution in [0.25, 0.3) is 10.9 Å². The van der Waals surface area contributed by atoms with Crippen LogP contribution in [0.5, 0.6) is 0 Å². The van der Waals surface area contributed by atoms with Gasteiger partial charge in [0.15, 0.2) is 0 Å². The summed E-state index contributed by atoms with van der Waals surface area (Å²) in [5.41, 5.74) is 2.33. The summed E-state index contributed by atoms with van der Waals surface area (Å²) in [6.45, 7) is 3.80. The highest BCUT2D eigenvalue weighted by Gasteiger charge is 2.38. The Kier molecular flexibility index (Phi) is 4.83. The fourth-order valence-corrected chi connectivity index (χ4v) is 4.23. The molecule has 2 aliphatic rings. The lowest BCUT2D eigenvalue weighted by Gasteiger charge is -2.28. The number of hydrogen-bond donors (Lipinski definition) is 2. The van der Waals surface area contributed by atoms with Crippen LogP contribution < -0.4 is 5.32 Å². The van der Waals surface area contributed by atoms with Crippen molar-refractivity contribution in [2.75, 3.05) is 13.1 Å². The Balaban J connectivity index is 0.00000169. The first-order valence-electron chi connectivity index (χ1n) is 8.42. The Hall–Kier alpha value is -1.59. The molecule has 2 N–H and O–H groups in total. The van der Waals surface area contributed by atoms with E-state index in [0.717, 1.165) is 49.0 Å². The molecule has 0 saturated carbocycles. The van der Waals surface area contributed by atoms with Crippen LogP contribution in [0.1, 0.15) is 30.5 Å². The predicted molar refractivity (Wildman–Crippen MR) is 95.1 cm³/mol. The number of aromatic nitrogens is 1. The Morgan fingerprint density at radius 3 is 2.92 bits per heavy atom. The molecular formula is C18H23ClFN3O. The standard InChI is InChI=1S/C18H22FN3O.ClH/c1-11-15(14-3-2-4-16(19)18(14)21-11)9-17(23)22-12-5-6-13(22)10-20-8-7-12;/h2-4,12-13,20-21H,5-10H2,1H3;1H/t12-,13+;/m1./s1. The van der Waals surface area contributed by atoms with E-state index >= 15 is 0 Å². The van der Waals surface area contributed by atoms with Crippen molar-refractivity contribution in [1.82, 2.24) is 15.2 Å². The van der Waals surface area contributed by atoms with E-state index in [1.807, 2.05) is 13.0 Å². The number of rotatable bonds is 2. The van der Waals surface area contributed by atoms with Crippen molar-refractivity contribution in [2.24, 2.45) is 0 Å². The maximum absolute atomic E-state index is 13.9. The van der Waals surface area contributed by atoms with Gasteiger partial charge in [0.2, 0.25) is 5.91 Å². The van der Waals surface area contributed by atoms with Gasteiger partial charge in [-0.05, 0) is 44.4 Å². The van der Waals surface area contributed by atoms with Gasteiger partial charge in [-0.15, -0.1) is 12.4 Å². The highest BCUT2D eigenvalue weighted by molar-refractivity contribution is 5.90. The first-order valence-corrected chi connectivity index (χ1v) is 8.42. The maximum Gasteiger partial charge on any atom is 0.227 e. The molecule has 2 aromatic rings. The zero-order valence-corrected chi connectivity index (χ0v) is 14.6. The fraction of sp³-hybridized carbons (Fsp3) is 0.500. The minimum absolute atomic E-state index is 0. The zero-order valence-electron chi connectivity index (χ0n) is 13.8. The Morgan fingerprint density at radius 2 is 2.08 bits per heavy atom. The van der Waals surface area contributed by atoms with Gasteiger partial charge in [0.25, 0.3) is 0 Å². The second-order valence-electron chi connectivity index (χ2n) is 6.75. The number of aryl methyl sites for hydroxylation is 1. The highest BCUT2D eigenvalue weighted by atomic mass is 35.5. The Labute approximate surface area is 147 Å². The largest absolute Gasteiger partial charge is 0.356 e. The molecule has 2 fully saturated rings. The first-order chi connectivity index (χ1) is 11.1. The topological polar surface area (TPSA) is 48.1 Å². The number of amides is 1. The van der Waals surface area contributed by atoms with Gasteiger partial charge in [0, 0.05) is 29.7 Å². The normalized spacial score (nSPS) is 23.2. The molecule has 0 radical (unpaired) electrons. The SMILES string of the molecule is Cc1[nH]c2c(F)cccc2c1CC(=O)N1[C@H]2CCNC[C@@H]1CC2.Cl. The van der Waals surface area contributed by atoms with Gasteiger partial charge >= 0.3 is 0 Å². The summed E-state index contributed by atoms with van der Waals surface area (Å²) < 4.78 is 13.9. The molecule has 0 spiro atoms. The van der Waals surface area contributed by atoms with Crippen LogP contribution >= 0.6 is 12.4 Å². The van der Waals surface area contributed by atoms with Crippen molar-refractivity contribution < 1.29 is 9.18 Å². The lowest BCUT2D eigenvalue weighted by molar-refractivity contribution is -0.133. The first kappa shape index (κ1) is 17.2. The average molecular weight is 352 g/mol. The van der Waals surface area contributed by atoms with E-state index in [0.29, 0.717) is 24.0 Å². The Bertz CT molecular complexity index is 746. The average Bonchev–Trinajstić information content (AvgIpc) is 2.97. The molecule has 1 aromatic carbocycles. The molecular weight excluding hydrogens is 329 g/mol. The van der Waals surface area contributed by atoms with E-state index in [4.69, 9.17) is 0 Å². The van der Waals surface area contributed by atoms with E-state index in [-0.39, 0.29) is 24.1 Å². The molecule has 24 heavy (non-hydrogen) atoms. The third kappa shape index (κ3) is 2.80. The van der Waals surface area contributed by atoms with E-state index in [1.165, 1.54) is 6.07 Å². The number of para-hydroxylation sites is 1. The lowest BCUT2D eigenvalue weighted by Crippen LogP contribution is -2.43. The van der Waals surface area contributed by atoms with Crippen molar-refractivity contribution in [1.29, 1.82) is 0 Å². The number of H-pyrrole nitrogens is 1. The third-order valence-corrected chi connectivity index (χ3v) is 5.37. The van der Waals surface area contributed by atoms with Gasteiger partial charge in [-0.2, -0.15) is 0 Å². The van der Waals surface area contributed by atoms with Gasteiger partial charge in [0.05, 0.1) is 11.9 Å². The van der Waals surface area contributed by atoms with Gasteiger partial charge in [-0.25, -0.2) is 4.39 Å². The molecule has 0 aliphatic carbocycles. The zero-order chi connectivity index (χ0) is 16.0. The molecule has 2 aliphatic heterocycles. The quantitative estimate of drug-likeness (QED) is 0.874. The number of aromatic amines is 1. The summed E-state index contributed by atoms with van der Waals surface area (Å²) in [6, 6.07) is 5.73. The predicted octanol–water partition coefficient (Wildman–Crippen LogP) is 2.93. The minimum Gasteiger partial charge on any atom is -0.356 e. The number of halogens is 2. The molecule has 1 amide bonds. The highest BCUT2D eigenvalue weighted by Crippen LogP contribution is 2.30.